The Balaban J connectivity index is 1.89. The molecule has 0 radical (unpaired) electrons. The Bertz CT molecular complexity index is 1050. The van der Waals surface area contributed by atoms with Crippen molar-refractivity contribution in [2.75, 3.05) is 11.8 Å². The lowest BCUT2D eigenvalue weighted by atomic mass is 10.1. The summed E-state index contributed by atoms with van der Waals surface area (Å²) in [6, 6.07) is 14.4. The predicted octanol–water partition coefficient (Wildman–Crippen LogP) is 3.67. The summed E-state index contributed by atoms with van der Waals surface area (Å²) in [7, 11) is -2.17. The van der Waals surface area contributed by atoms with Crippen LogP contribution in [0.2, 0.25) is 0 Å². The standard InChI is InChI=1S/C20H23N3O3S/c1-14-7-5-6-8-17(14)13-23-16(3)20(15(2)21-23)22-27(24,25)19-11-9-18(26-4)10-12-19/h5-12,22H,13H2,1-4H3. The number of aromatic nitrogens is 2. The first-order chi connectivity index (χ1) is 12.8. The highest BCUT2D eigenvalue weighted by atomic mass is 32.2. The number of benzene rings is 2. The van der Waals surface area contributed by atoms with E-state index in [1.54, 1.807) is 19.1 Å². The van der Waals surface area contributed by atoms with E-state index in [1.807, 2.05) is 42.8 Å². The van der Waals surface area contributed by atoms with Crippen molar-refractivity contribution < 1.29 is 13.2 Å². The molecule has 0 unspecified atom stereocenters. The average molecular weight is 385 g/mol. The maximum Gasteiger partial charge on any atom is 0.262 e. The van der Waals surface area contributed by atoms with Gasteiger partial charge in [-0.3, -0.25) is 9.40 Å². The second-order valence-corrected chi connectivity index (χ2v) is 8.09. The lowest BCUT2D eigenvalue weighted by molar-refractivity contribution is 0.414. The molecule has 0 saturated carbocycles. The fraction of sp³-hybridized carbons (Fsp3) is 0.250. The minimum absolute atomic E-state index is 0.175. The zero-order chi connectivity index (χ0) is 19.6. The fourth-order valence-electron chi connectivity index (χ4n) is 2.90. The Labute approximate surface area is 159 Å². The number of sulfonamides is 1. The van der Waals surface area contributed by atoms with E-state index in [1.165, 1.54) is 24.8 Å². The molecule has 0 atom stereocenters. The molecule has 0 aliphatic carbocycles. The molecule has 1 N–H and O–H groups in total. The number of rotatable bonds is 6. The Morgan fingerprint density at radius 2 is 1.70 bits per heavy atom. The van der Waals surface area contributed by atoms with Crippen molar-refractivity contribution in [3.63, 3.8) is 0 Å². The van der Waals surface area contributed by atoms with Gasteiger partial charge in [0.1, 0.15) is 5.75 Å². The Kier molecular flexibility index (Phi) is 5.23. The highest BCUT2D eigenvalue weighted by Crippen LogP contribution is 2.25. The van der Waals surface area contributed by atoms with Crippen LogP contribution in [0.5, 0.6) is 5.75 Å². The minimum atomic E-state index is -3.71. The summed E-state index contributed by atoms with van der Waals surface area (Å²) in [5, 5.41) is 4.52. The van der Waals surface area contributed by atoms with Crippen molar-refractivity contribution in [1.82, 2.24) is 9.78 Å². The van der Waals surface area contributed by atoms with Gasteiger partial charge in [0.15, 0.2) is 0 Å². The van der Waals surface area contributed by atoms with Gasteiger partial charge in [0, 0.05) is 0 Å². The number of nitrogens with one attached hydrogen (secondary N) is 1. The van der Waals surface area contributed by atoms with Gasteiger partial charge in [0.2, 0.25) is 0 Å². The Hall–Kier alpha value is -2.80. The van der Waals surface area contributed by atoms with Crippen molar-refractivity contribution in [3.05, 3.63) is 71.0 Å². The predicted molar refractivity (Wildman–Crippen MR) is 106 cm³/mol. The molecular weight excluding hydrogens is 362 g/mol. The molecule has 0 bridgehead atoms. The molecule has 27 heavy (non-hydrogen) atoms. The van der Waals surface area contributed by atoms with E-state index >= 15 is 0 Å². The van der Waals surface area contributed by atoms with Crippen LogP contribution < -0.4 is 9.46 Å². The number of anilines is 1. The Morgan fingerprint density at radius 1 is 1.04 bits per heavy atom. The van der Waals surface area contributed by atoms with Crippen molar-refractivity contribution in [1.29, 1.82) is 0 Å². The van der Waals surface area contributed by atoms with Gasteiger partial charge in [-0.25, -0.2) is 8.42 Å². The quantitative estimate of drug-likeness (QED) is 0.703. The van der Waals surface area contributed by atoms with Gasteiger partial charge < -0.3 is 4.74 Å². The zero-order valence-corrected chi connectivity index (χ0v) is 16.7. The van der Waals surface area contributed by atoms with Crippen LogP contribution in [0.3, 0.4) is 0 Å². The Morgan fingerprint density at radius 3 is 2.33 bits per heavy atom. The first-order valence-corrected chi connectivity index (χ1v) is 10.1. The van der Waals surface area contributed by atoms with Gasteiger partial charge in [0.25, 0.3) is 10.0 Å². The van der Waals surface area contributed by atoms with Gasteiger partial charge >= 0.3 is 0 Å². The van der Waals surface area contributed by atoms with Crippen LogP contribution in [-0.2, 0) is 16.6 Å². The largest absolute Gasteiger partial charge is 0.497 e. The number of methoxy groups -OCH3 is 1. The number of hydrogen-bond acceptors (Lipinski definition) is 4. The summed E-state index contributed by atoms with van der Waals surface area (Å²) in [4.78, 5) is 0.175. The molecular formula is C20H23N3O3S. The third-order valence-corrected chi connectivity index (χ3v) is 5.93. The smallest absolute Gasteiger partial charge is 0.262 e. The zero-order valence-electron chi connectivity index (χ0n) is 15.9. The molecule has 142 valence electrons. The lowest BCUT2D eigenvalue weighted by Gasteiger charge is -2.10. The maximum absolute atomic E-state index is 12.7. The molecule has 3 rings (SSSR count). The normalized spacial score (nSPS) is 11.4. The molecule has 2 aromatic carbocycles. The molecule has 0 amide bonds. The van der Waals surface area contributed by atoms with E-state index in [4.69, 9.17) is 4.74 Å². The van der Waals surface area contributed by atoms with Crippen LogP contribution in [0.4, 0.5) is 5.69 Å². The van der Waals surface area contributed by atoms with Crippen LogP contribution in [0, 0.1) is 20.8 Å². The van der Waals surface area contributed by atoms with E-state index in [-0.39, 0.29) is 4.90 Å². The van der Waals surface area contributed by atoms with Crippen LogP contribution in [0.25, 0.3) is 0 Å². The number of ether oxygens (including phenoxy) is 1. The second-order valence-electron chi connectivity index (χ2n) is 6.41. The summed E-state index contributed by atoms with van der Waals surface area (Å²) < 4.78 is 35.1. The minimum Gasteiger partial charge on any atom is -0.497 e. The summed E-state index contributed by atoms with van der Waals surface area (Å²) >= 11 is 0. The molecule has 3 aromatic rings. The molecule has 1 heterocycles. The molecule has 0 aliphatic rings. The van der Waals surface area contributed by atoms with Crippen LogP contribution in [0.1, 0.15) is 22.5 Å². The maximum atomic E-state index is 12.7. The van der Waals surface area contributed by atoms with Crippen LogP contribution in [0.15, 0.2) is 53.4 Å². The van der Waals surface area contributed by atoms with Gasteiger partial charge in [-0.05, 0) is 56.2 Å². The molecule has 0 fully saturated rings. The van der Waals surface area contributed by atoms with E-state index < -0.39 is 10.0 Å². The molecule has 0 aliphatic heterocycles. The van der Waals surface area contributed by atoms with Crippen molar-refractivity contribution >= 4 is 15.7 Å². The van der Waals surface area contributed by atoms with Gasteiger partial charge in [0.05, 0.1) is 35.6 Å². The number of hydrogen-bond donors (Lipinski definition) is 1. The molecule has 6 nitrogen and oxygen atoms in total. The summed E-state index contributed by atoms with van der Waals surface area (Å²) in [5.41, 5.74) is 4.24. The number of nitrogens with zero attached hydrogens (tertiary/aromatic N) is 2. The van der Waals surface area contributed by atoms with E-state index in [0.717, 1.165) is 11.3 Å². The van der Waals surface area contributed by atoms with Crippen LogP contribution in [-0.4, -0.2) is 25.3 Å². The molecule has 0 saturated heterocycles. The van der Waals surface area contributed by atoms with Crippen molar-refractivity contribution in [2.45, 2.75) is 32.2 Å². The lowest BCUT2D eigenvalue weighted by Crippen LogP contribution is -2.14. The summed E-state index contributed by atoms with van der Waals surface area (Å²) in [6.45, 7) is 6.30. The first kappa shape index (κ1) is 19.0. The second kappa shape index (κ2) is 7.44. The first-order valence-electron chi connectivity index (χ1n) is 8.57. The summed E-state index contributed by atoms with van der Waals surface area (Å²) in [6.07, 6.45) is 0. The van der Waals surface area contributed by atoms with E-state index in [0.29, 0.717) is 23.7 Å². The highest BCUT2D eigenvalue weighted by molar-refractivity contribution is 7.92. The summed E-state index contributed by atoms with van der Waals surface area (Å²) in [5.74, 6) is 0.604. The monoisotopic (exact) mass is 385 g/mol. The number of aryl methyl sites for hydroxylation is 2. The molecule has 0 spiro atoms. The third-order valence-electron chi connectivity index (χ3n) is 4.57. The SMILES string of the molecule is COc1ccc(S(=O)(=O)Nc2c(C)nn(Cc3ccccc3C)c2C)cc1. The molecule has 7 heteroatoms. The van der Waals surface area contributed by atoms with E-state index in [2.05, 4.69) is 9.82 Å². The van der Waals surface area contributed by atoms with Crippen molar-refractivity contribution in [2.24, 2.45) is 0 Å². The van der Waals surface area contributed by atoms with Crippen LogP contribution >= 0.6 is 0 Å². The van der Waals surface area contributed by atoms with Gasteiger partial charge in [-0.1, -0.05) is 24.3 Å². The van der Waals surface area contributed by atoms with E-state index in [9.17, 15) is 8.42 Å². The molecule has 1 aromatic heterocycles. The topological polar surface area (TPSA) is 73.2 Å². The van der Waals surface area contributed by atoms with Gasteiger partial charge in [-0.2, -0.15) is 5.10 Å². The average Bonchev–Trinajstić information content (AvgIpc) is 2.91. The fourth-order valence-corrected chi connectivity index (χ4v) is 4.07. The highest BCUT2D eigenvalue weighted by Gasteiger charge is 2.20. The van der Waals surface area contributed by atoms with Crippen molar-refractivity contribution in [3.8, 4) is 5.75 Å². The van der Waals surface area contributed by atoms with Gasteiger partial charge in [-0.15, -0.1) is 0 Å². The third kappa shape index (κ3) is 3.98.